The van der Waals surface area contributed by atoms with Crippen molar-refractivity contribution in [3.05, 3.63) is 5.69 Å². The van der Waals surface area contributed by atoms with Crippen LogP contribution in [-0.4, -0.2) is 48.5 Å². The molecule has 1 aromatic rings. The van der Waals surface area contributed by atoms with Crippen molar-refractivity contribution in [2.75, 3.05) is 31.0 Å². The third-order valence-corrected chi connectivity index (χ3v) is 3.57. The minimum atomic E-state index is -2.93. The molecule has 0 aromatic carbocycles. The molecular formula is C7H15N5O2S2. The average Bonchev–Trinajstić information content (AvgIpc) is 2.61. The van der Waals surface area contributed by atoms with Crippen molar-refractivity contribution in [2.24, 2.45) is 5.84 Å². The van der Waals surface area contributed by atoms with Gasteiger partial charge < -0.3 is 5.43 Å². The first kappa shape index (κ1) is 13.3. The highest BCUT2D eigenvalue weighted by Crippen LogP contribution is 2.16. The Bertz CT molecular complexity index is 430. The van der Waals surface area contributed by atoms with Crippen LogP contribution in [0.15, 0.2) is 0 Å². The molecule has 9 heteroatoms. The van der Waals surface area contributed by atoms with Crippen LogP contribution < -0.4 is 11.3 Å². The Morgan fingerprint density at radius 2 is 2.25 bits per heavy atom. The second-order valence-electron chi connectivity index (χ2n) is 3.56. The number of nitrogens with two attached hydrogens (primary N) is 1. The molecular weight excluding hydrogens is 250 g/mol. The zero-order valence-electron chi connectivity index (χ0n) is 9.17. The third kappa shape index (κ3) is 4.39. The van der Waals surface area contributed by atoms with Gasteiger partial charge in [-0.2, -0.15) is 0 Å². The van der Waals surface area contributed by atoms with Gasteiger partial charge in [-0.15, -0.1) is 5.10 Å². The first-order valence-corrected chi connectivity index (χ1v) is 7.40. The minimum absolute atomic E-state index is 0.131. The number of hydrazine groups is 1. The Balaban J connectivity index is 2.48. The van der Waals surface area contributed by atoms with Gasteiger partial charge in [0.15, 0.2) is 0 Å². The Hall–Kier alpha value is -0.770. The molecule has 0 amide bonds. The van der Waals surface area contributed by atoms with Gasteiger partial charge in [0, 0.05) is 30.9 Å². The first-order chi connectivity index (χ1) is 7.42. The summed E-state index contributed by atoms with van der Waals surface area (Å²) in [4.78, 5) is 1.86. The van der Waals surface area contributed by atoms with Crippen molar-refractivity contribution in [1.82, 2.24) is 14.5 Å². The summed E-state index contributed by atoms with van der Waals surface area (Å²) in [6.07, 6.45) is 1.22. The molecule has 0 radical (unpaired) electrons. The molecule has 0 bridgehead atoms. The van der Waals surface area contributed by atoms with Gasteiger partial charge in [-0.05, 0) is 7.05 Å². The highest BCUT2D eigenvalue weighted by Gasteiger charge is 2.11. The molecule has 0 unspecified atom stereocenters. The highest BCUT2D eigenvalue weighted by molar-refractivity contribution is 7.90. The van der Waals surface area contributed by atoms with Gasteiger partial charge in [0.05, 0.1) is 5.75 Å². The maximum atomic E-state index is 11.0. The van der Waals surface area contributed by atoms with Crippen LogP contribution >= 0.6 is 11.5 Å². The molecule has 1 rings (SSSR count). The molecule has 1 aromatic heterocycles. The van der Waals surface area contributed by atoms with Crippen LogP contribution in [0.1, 0.15) is 5.69 Å². The fourth-order valence-electron chi connectivity index (χ4n) is 1.08. The van der Waals surface area contributed by atoms with E-state index in [-0.39, 0.29) is 5.75 Å². The number of sulfone groups is 1. The molecule has 0 atom stereocenters. The topological polar surface area (TPSA) is 101 Å². The van der Waals surface area contributed by atoms with Gasteiger partial charge in [0.25, 0.3) is 0 Å². The second-order valence-corrected chi connectivity index (χ2v) is 6.57. The number of aromatic nitrogens is 2. The molecule has 0 aliphatic carbocycles. The lowest BCUT2D eigenvalue weighted by molar-refractivity contribution is 0.342. The molecule has 0 spiro atoms. The molecule has 0 aliphatic rings. The summed E-state index contributed by atoms with van der Waals surface area (Å²) >= 11 is 1.17. The van der Waals surface area contributed by atoms with Crippen LogP contribution in [-0.2, 0) is 16.4 Å². The monoisotopic (exact) mass is 265 g/mol. The summed E-state index contributed by atoms with van der Waals surface area (Å²) < 4.78 is 25.7. The summed E-state index contributed by atoms with van der Waals surface area (Å²) in [5.41, 5.74) is 3.23. The maximum absolute atomic E-state index is 11.0. The zero-order valence-corrected chi connectivity index (χ0v) is 10.8. The lowest BCUT2D eigenvalue weighted by Gasteiger charge is -2.14. The Morgan fingerprint density at radius 3 is 2.81 bits per heavy atom. The van der Waals surface area contributed by atoms with Crippen LogP contribution in [0, 0.1) is 0 Å². The van der Waals surface area contributed by atoms with Crippen molar-refractivity contribution in [2.45, 2.75) is 6.54 Å². The lowest BCUT2D eigenvalue weighted by Crippen LogP contribution is -2.25. The predicted molar refractivity (Wildman–Crippen MR) is 63.8 cm³/mol. The van der Waals surface area contributed by atoms with E-state index < -0.39 is 9.84 Å². The molecule has 7 nitrogen and oxygen atoms in total. The van der Waals surface area contributed by atoms with Gasteiger partial charge >= 0.3 is 0 Å². The van der Waals surface area contributed by atoms with Crippen molar-refractivity contribution < 1.29 is 8.42 Å². The fourth-order valence-corrected chi connectivity index (χ4v) is 2.21. The van der Waals surface area contributed by atoms with E-state index in [4.69, 9.17) is 5.84 Å². The summed E-state index contributed by atoms with van der Waals surface area (Å²) in [7, 11) is -1.10. The van der Waals surface area contributed by atoms with Crippen molar-refractivity contribution in [1.29, 1.82) is 0 Å². The zero-order chi connectivity index (χ0) is 12.2. The smallest absolute Gasteiger partial charge is 0.148 e. The second kappa shape index (κ2) is 5.53. The standard InChI is InChI=1S/C7H15N5O2S2/c1-12(3-4-16(2,13)14)5-6-7(9-8)15-11-10-6/h9H,3-5,8H2,1-2H3. The Kier molecular flexibility index (Phi) is 4.59. The SMILES string of the molecule is CN(CCS(C)(=O)=O)Cc1nnsc1NN. The lowest BCUT2D eigenvalue weighted by atomic mass is 10.4. The third-order valence-electron chi connectivity index (χ3n) is 1.95. The van der Waals surface area contributed by atoms with E-state index in [1.165, 1.54) is 17.8 Å². The highest BCUT2D eigenvalue weighted by atomic mass is 32.2. The minimum Gasteiger partial charge on any atom is -0.313 e. The van der Waals surface area contributed by atoms with Crippen LogP contribution in [0.3, 0.4) is 0 Å². The van der Waals surface area contributed by atoms with E-state index in [1.54, 1.807) is 0 Å². The summed E-state index contributed by atoms with van der Waals surface area (Å²) in [6.45, 7) is 0.978. The van der Waals surface area contributed by atoms with Crippen molar-refractivity contribution in [3.63, 3.8) is 0 Å². The number of hydrogen-bond donors (Lipinski definition) is 2. The van der Waals surface area contributed by atoms with Crippen LogP contribution in [0.2, 0.25) is 0 Å². The maximum Gasteiger partial charge on any atom is 0.148 e. The number of rotatable bonds is 6. The van der Waals surface area contributed by atoms with E-state index in [0.29, 0.717) is 18.1 Å². The Labute approximate surface area is 98.7 Å². The van der Waals surface area contributed by atoms with Crippen LogP contribution in [0.4, 0.5) is 5.00 Å². The Morgan fingerprint density at radius 1 is 1.56 bits per heavy atom. The van der Waals surface area contributed by atoms with Gasteiger partial charge in [0.1, 0.15) is 20.5 Å². The molecule has 0 fully saturated rings. The molecule has 0 saturated carbocycles. The van der Waals surface area contributed by atoms with Crippen molar-refractivity contribution in [3.8, 4) is 0 Å². The van der Waals surface area contributed by atoms with Crippen LogP contribution in [0.25, 0.3) is 0 Å². The summed E-state index contributed by atoms with van der Waals surface area (Å²) in [5, 5.41) is 4.61. The van der Waals surface area contributed by atoms with Crippen molar-refractivity contribution >= 4 is 26.4 Å². The van der Waals surface area contributed by atoms with E-state index in [1.807, 2.05) is 11.9 Å². The molecule has 1 heterocycles. The average molecular weight is 265 g/mol. The number of hydrogen-bond acceptors (Lipinski definition) is 8. The number of nitrogen functional groups attached to an aromatic ring is 1. The van der Waals surface area contributed by atoms with E-state index >= 15 is 0 Å². The number of nitrogens with zero attached hydrogens (tertiary/aromatic N) is 3. The molecule has 3 N–H and O–H groups in total. The van der Waals surface area contributed by atoms with E-state index in [2.05, 4.69) is 15.0 Å². The number of anilines is 1. The molecule has 0 saturated heterocycles. The molecule has 92 valence electrons. The molecule has 0 aliphatic heterocycles. The largest absolute Gasteiger partial charge is 0.313 e. The van der Waals surface area contributed by atoms with E-state index in [0.717, 1.165) is 5.69 Å². The summed E-state index contributed by atoms with van der Waals surface area (Å²) in [6, 6.07) is 0. The van der Waals surface area contributed by atoms with Gasteiger partial charge in [-0.3, -0.25) is 4.90 Å². The number of nitrogens with one attached hydrogen (secondary N) is 1. The summed E-state index contributed by atoms with van der Waals surface area (Å²) in [5.74, 6) is 5.41. The normalized spacial score (nSPS) is 12.0. The van der Waals surface area contributed by atoms with Gasteiger partial charge in [-0.1, -0.05) is 4.49 Å². The van der Waals surface area contributed by atoms with E-state index in [9.17, 15) is 8.42 Å². The molecule has 16 heavy (non-hydrogen) atoms. The first-order valence-electron chi connectivity index (χ1n) is 4.56. The predicted octanol–water partition coefficient (Wildman–Crippen LogP) is -0.700. The van der Waals surface area contributed by atoms with Crippen LogP contribution in [0.5, 0.6) is 0 Å². The quantitative estimate of drug-likeness (QED) is 0.518. The van der Waals surface area contributed by atoms with Gasteiger partial charge in [0.2, 0.25) is 0 Å². The fraction of sp³-hybridized carbons (Fsp3) is 0.714. The van der Waals surface area contributed by atoms with Gasteiger partial charge in [-0.25, -0.2) is 14.3 Å².